The molecule has 19 heavy (non-hydrogen) atoms. The topological polar surface area (TPSA) is 20.2 Å². The lowest BCUT2D eigenvalue weighted by Crippen LogP contribution is -2.03. The zero-order chi connectivity index (χ0) is 14.2. The van der Waals surface area contributed by atoms with Gasteiger partial charge in [-0.1, -0.05) is 23.9 Å². The Kier molecular flexibility index (Phi) is 3.66. The molecule has 100 valence electrons. The first-order chi connectivity index (χ1) is 8.93. The zero-order valence-corrected chi connectivity index (χ0v) is 9.87. The highest BCUT2D eigenvalue weighted by Crippen LogP contribution is 2.38. The molecule has 0 heterocycles. The normalized spacial score (nSPS) is 10.8. The van der Waals surface area contributed by atoms with E-state index in [1.165, 1.54) is 24.3 Å². The lowest BCUT2D eigenvalue weighted by Gasteiger charge is -2.08. The summed E-state index contributed by atoms with van der Waals surface area (Å²) >= 11 is 0.258. The largest absolute Gasteiger partial charge is 0.507 e. The van der Waals surface area contributed by atoms with Gasteiger partial charge >= 0.3 is 0 Å². The number of phenolic OH excluding ortho intramolecular Hbond substituents is 1. The lowest BCUT2D eigenvalue weighted by atomic mass is 10.3. The van der Waals surface area contributed by atoms with Crippen LogP contribution in [0.5, 0.6) is 5.75 Å². The maximum atomic E-state index is 13.4. The van der Waals surface area contributed by atoms with Gasteiger partial charge in [0.05, 0.1) is 9.79 Å². The molecule has 7 heteroatoms. The van der Waals surface area contributed by atoms with Crippen LogP contribution in [0.15, 0.2) is 34.1 Å². The number of hydrogen-bond acceptors (Lipinski definition) is 2. The molecule has 0 aliphatic carbocycles. The van der Waals surface area contributed by atoms with Crippen molar-refractivity contribution in [3.63, 3.8) is 0 Å². The highest BCUT2D eigenvalue weighted by atomic mass is 32.2. The van der Waals surface area contributed by atoms with Crippen molar-refractivity contribution in [3.8, 4) is 5.75 Å². The summed E-state index contributed by atoms with van der Waals surface area (Å²) in [6.45, 7) is 0. The van der Waals surface area contributed by atoms with Gasteiger partial charge in [-0.3, -0.25) is 0 Å². The maximum Gasteiger partial charge on any atom is 0.200 e. The van der Waals surface area contributed by atoms with Crippen LogP contribution in [0.3, 0.4) is 0 Å². The van der Waals surface area contributed by atoms with Crippen LogP contribution in [0.25, 0.3) is 0 Å². The van der Waals surface area contributed by atoms with Crippen molar-refractivity contribution in [1.29, 1.82) is 0 Å². The highest BCUT2D eigenvalue weighted by Gasteiger charge is 2.26. The molecule has 0 atom stereocenters. The standard InChI is InChI=1S/C12H5F5OS/c13-7-8(14)10(16)12(11(17)9(7)15)19-6-4-2-1-3-5(6)18/h1-4,18H. The van der Waals surface area contributed by atoms with Gasteiger partial charge in [-0.05, 0) is 12.1 Å². The molecule has 2 aromatic rings. The predicted octanol–water partition coefficient (Wildman–Crippen LogP) is 4.24. The number of hydrogen-bond donors (Lipinski definition) is 1. The quantitative estimate of drug-likeness (QED) is 0.507. The highest BCUT2D eigenvalue weighted by molar-refractivity contribution is 7.99. The Balaban J connectivity index is 2.56. The van der Waals surface area contributed by atoms with Crippen LogP contribution in [0.4, 0.5) is 22.0 Å². The van der Waals surface area contributed by atoms with E-state index in [-0.39, 0.29) is 22.4 Å². The summed E-state index contributed by atoms with van der Waals surface area (Å²) in [4.78, 5) is -1.08. The SMILES string of the molecule is Oc1ccccc1Sc1c(F)c(F)c(F)c(F)c1F. The molecule has 1 nitrogen and oxygen atoms in total. The smallest absolute Gasteiger partial charge is 0.200 e. The third-order valence-electron chi connectivity index (χ3n) is 2.25. The third-order valence-corrected chi connectivity index (χ3v) is 3.37. The van der Waals surface area contributed by atoms with Crippen LogP contribution in [0, 0.1) is 29.1 Å². The maximum absolute atomic E-state index is 13.4. The molecule has 0 aliphatic rings. The summed E-state index contributed by atoms with van der Waals surface area (Å²) < 4.78 is 65.6. The van der Waals surface area contributed by atoms with E-state index in [0.717, 1.165) is 0 Å². The minimum Gasteiger partial charge on any atom is -0.507 e. The number of benzene rings is 2. The molecule has 0 bridgehead atoms. The Hall–Kier alpha value is -1.76. The fraction of sp³-hybridized carbons (Fsp3) is 0. The number of halogens is 5. The number of phenols is 1. The van der Waals surface area contributed by atoms with E-state index < -0.39 is 34.0 Å². The molecule has 2 aromatic carbocycles. The molecule has 0 radical (unpaired) electrons. The Morgan fingerprint density at radius 1 is 0.737 bits per heavy atom. The molecule has 0 unspecified atom stereocenters. The second-order valence-electron chi connectivity index (χ2n) is 3.47. The van der Waals surface area contributed by atoms with E-state index in [2.05, 4.69) is 0 Å². The lowest BCUT2D eigenvalue weighted by molar-refractivity contribution is 0.361. The summed E-state index contributed by atoms with van der Waals surface area (Å²) in [6, 6.07) is 5.43. The molecule has 0 fully saturated rings. The summed E-state index contributed by atoms with van der Waals surface area (Å²) in [7, 11) is 0. The fourth-order valence-electron chi connectivity index (χ4n) is 1.33. The van der Waals surface area contributed by atoms with Crippen molar-refractivity contribution in [2.24, 2.45) is 0 Å². The second kappa shape index (κ2) is 5.08. The van der Waals surface area contributed by atoms with E-state index in [4.69, 9.17) is 0 Å². The number of rotatable bonds is 2. The van der Waals surface area contributed by atoms with E-state index in [9.17, 15) is 27.1 Å². The van der Waals surface area contributed by atoms with Crippen LogP contribution in [-0.4, -0.2) is 5.11 Å². The van der Waals surface area contributed by atoms with Gasteiger partial charge in [-0.15, -0.1) is 0 Å². The van der Waals surface area contributed by atoms with Crippen molar-refractivity contribution in [2.45, 2.75) is 9.79 Å². The van der Waals surface area contributed by atoms with Crippen molar-refractivity contribution >= 4 is 11.8 Å². The van der Waals surface area contributed by atoms with Crippen LogP contribution >= 0.6 is 11.8 Å². The van der Waals surface area contributed by atoms with Gasteiger partial charge < -0.3 is 5.11 Å². The Bertz CT molecular complexity index is 615. The predicted molar refractivity (Wildman–Crippen MR) is 58.5 cm³/mol. The molecule has 0 amide bonds. The van der Waals surface area contributed by atoms with Gasteiger partial charge in [0, 0.05) is 0 Å². The first kappa shape index (κ1) is 13.7. The minimum atomic E-state index is -2.21. The molecular formula is C12H5F5OS. The molecular weight excluding hydrogens is 287 g/mol. The van der Waals surface area contributed by atoms with Crippen LogP contribution < -0.4 is 0 Å². The van der Waals surface area contributed by atoms with Gasteiger partial charge in [0.1, 0.15) is 5.75 Å². The van der Waals surface area contributed by atoms with Gasteiger partial charge in [-0.2, -0.15) is 0 Å². The number of aromatic hydroxyl groups is 1. The first-order valence-corrected chi connectivity index (χ1v) is 5.72. The molecule has 2 rings (SSSR count). The Morgan fingerprint density at radius 2 is 1.21 bits per heavy atom. The minimum absolute atomic E-state index is 0.0225. The van der Waals surface area contributed by atoms with Crippen LogP contribution in [0.1, 0.15) is 0 Å². The Morgan fingerprint density at radius 3 is 1.74 bits per heavy atom. The van der Waals surface area contributed by atoms with Gasteiger partial charge in [0.15, 0.2) is 23.3 Å². The summed E-state index contributed by atoms with van der Waals surface area (Å²) in [6.07, 6.45) is 0. The molecule has 0 aliphatic heterocycles. The van der Waals surface area contributed by atoms with E-state index >= 15 is 0 Å². The van der Waals surface area contributed by atoms with Gasteiger partial charge in [0.25, 0.3) is 0 Å². The average molecular weight is 292 g/mol. The molecule has 0 saturated carbocycles. The second-order valence-corrected chi connectivity index (χ2v) is 4.52. The Labute approximate surface area is 108 Å². The van der Waals surface area contributed by atoms with E-state index in [0.29, 0.717) is 0 Å². The molecule has 0 saturated heterocycles. The van der Waals surface area contributed by atoms with E-state index in [1.807, 2.05) is 0 Å². The third kappa shape index (κ3) is 2.37. The van der Waals surface area contributed by atoms with Crippen molar-refractivity contribution in [1.82, 2.24) is 0 Å². The summed E-state index contributed by atoms with van der Waals surface area (Å²) in [5.41, 5.74) is 0. The van der Waals surface area contributed by atoms with Crippen LogP contribution in [-0.2, 0) is 0 Å². The van der Waals surface area contributed by atoms with E-state index in [1.54, 1.807) is 0 Å². The van der Waals surface area contributed by atoms with Gasteiger partial charge in [-0.25, -0.2) is 22.0 Å². The van der Waals surface area contributed by atoms with Gasteiger partial charge in [0.2, 0.25) is 5.82 Å². The van der Waals surface area contributed by atoms with Crippen molar-refractivity contribution in [3.05, 3.63) is 53.4 Å². The zero-order valence-electron chi connectivity index (χ0n) is 9.05. The molecule has 1 N–H and O–H groups in total. The van der Waals surface area contributed by atoms with Crippen LogP contribution in [0.2, 0.25) is 0 Å². The average Bonchev–Trinajstić information content (AvgIpc) is 2.41. The number of para-hydroxylation sites is 1. The molecule has 0 aromatic heterocycles. The van der Waals surface area contributed by atoms with Crippen molar-refractivity contribution in [2.75, 3.05) is 0 Å². The molecule has 0 spiro atoms. The first-order valence-electron chi connectivity index (χ1n) is 4.90. The summed E-state index contributed by atoms with van der Waals surface area (Å²) in [5.74, 6) is -10.4. The summed E-state index contributed by atoms with van der Waals surface area (Å²) in [5, 5.41) is 9.42. The fourth-order valence-corrected chi connectivity index (χ4v) is 2.23. The monoisotopic (exact) mass is 292 g/mol. The van der Waals surface area contributed by atoms with Crippen molar-refractivity contribution < 1.29 is 27.1 Å².